The predicted octanol–water partition coefficient (Wildman–Crippen LogP) is 5.83. The summed E-state index contributed by atoms with van der Waals surface area (Å²) in [5.41, 5.74) is 1.70. The molecule has 0 saturated heterocycles. The van der Waals surface area contributed by atoms with Gasteiger partial charge < -0.3 is 14.4 Å². The van der Waals surface area contributed by atoms with E-state index in [-0.39, 0.29) is 0 Å². The van der Waals surface area contributed by atoms with Crippen molar-refractivity contribution in [2.24, 2.45) is 0 Å². The molecule has 0 heterocycles. The highest BCUT2D eigenvalue weighted by Gasteiger charge is 2.37. The summed E-state index contributed by atoms with van der Waals surface area (Å²) in [7, 11) is -3.37. The molecule has 0 spiro atoms. The molecule has 2 aromatic rings. The molecule has 0 aromatic heterocycles. The predicted molar refractivity (Wildman–Crippen MR) is 97.8 cm³/mol. The van der Waals surface area contributed by atoms with Crippen LogP contribution in [0.15, 0.2) is 59.1 Å². The number of halogens is 1. The van der Waals surface area contributed by atoms with Gasteiger partial charge in [-0.15, -0.1) is 0 Å². The smallest absolute Gasteiger partial charge is 0.357 e. The first-order valence-corrected chi connectivity index (χ1v) is 9.95. The molecule has 0 bridgehead atoms. The Morgan fingerprint density at radius 1 is 1.04 bits per heavy atom. The third-order valence-electron chi connectivity index (χ3n) is 3.18. The molecule has 1 atom stereocenters. The Hall–Kier alpha value is -1.13. The van der Waals surface area contributed by atoms with Crippen molar-refractivity contribution >= 4 is 29.2 Å². The van der Waals surface area contributed by atoms with Crippen LogP contribution in [0.5, 0.6) is 0 Å². The minimum atomic E-state index is -3.37. The average Bonchev–Trinajstić information content (AvgIpc) is 2.54. The zero-order valence-corrected chi connectivity index (χ0v) is 15.7. The minimum absolute atomic E-state index is 0.318. The SMILES string of the molecule is CCOP(=O)(OCC)C(Nc1ccccc1)c1cccc(Br)c1. The number of rotatable bonds is 8. The number of nitrogens with one attached hydrogen (secondary N) is 1. The Labute approximate surface area is 145 Å². The molecule has 2 aromatic carbocycles. The summed E-state index contributed by atoms with van der Waals surface area (Å²) < 4.78 is 25.3. The van der Waals surface area contributed by atoms with Crippen LogP contribution >= 0.6 is 23.5 Å². The van der Waals surface area contributed by atoms with E-state index in [1.54, 1.807) is 0 Å². The summed E-state index contributed by atoms with van der Waals surface area (Å²) in [5.74, 6) is -0.581. The van der Waals surface area contributed by atoms with Gasteiger partial charge in [-0.2, -0.15) is 0 Å². The third kappa shape index (κ3) is 4.92. The van der Waals surface area contributed by atoms with E-state index in [0.29, 0.717) is 13.2 Å². The summed E-state index contributed by atoms with van der Waals surface area (Å²) in [6.07, 6.45) is 0. The van der Waals surface area contributed by atoms with Crippen molar-refractivity contribution in [2.45, 2.75) is 19.6 Å². The van der Waals surface area contributed by atoms with Crippen molar-refractivity contribution in [3.05, 3.63) is 64.6 Å². The fourth-order valence-electron chi connectivity index (χ4n) is 2.26. The Kier molecular flexibility index (Phi) is 6.85. The molecule has 2 rings (SSSR count). The average molecular weight is 398 g/mol. The van der Waals surface area contributed by atoms with Gasteiger partial charge in [-0.3, -0.25) is 4.57 Å². The van der Waals surface area contributed by atoms with Crippen LogP contribution in [0.3, 0.4) is 0 Å². The lowest BCUT2D eigenvalue weighted by atomic mass is 10.2. The molecule has 0 fully saturated rings. The van der Waals surface area contributed by atoms with Crippen LogP contribution in [0.1, 0.15) is 25.2 Å². The van der Waals surface area contributed by atoms with Crippen LogP contribution in [0.2, 0.25) is 0 Å². The molecule has 4 nitrogen and oxygen atoms in total. The van der Waals surface area contributed by atoms with Gasteiger partial charge in [-0.25, -0.2) is 0 Å². The number of benzene rings is 2. The number of hydrogen-bond donors (Lipinski definition) is 1. The second-order valence-electron chi connectivity index (χ2n) is 4.84. The van der Waals surface area contributed by atoms with Gasteiger partial charge in [0.1, 0.15) is 0 Å². The zero-order valence-electron chi connectivity index (χ0n) is 13.2. The zero-order chi connectivity index (χ0) is 16.7. The van der Waals surface area contributed by atoms with Gasteiger partial charge in [0.25, 0.3) is 0 Å². The molecule has 1 unspecified atom stereocenters. The van der Waals surface area contributed by atoms with Crippen molar-refractivity contribution in [2.75, 3.05) is 18.5 Å². The highest BCUT2D eigenvalue weighted by atomic mass is 79.9. The normalized spacial score (nSPS) is 12.8. The molecule has 0 aliphatic heterocycles. The van der Waals surface area contributed by atoms with Crippen molar-refractivity contribution < 1.29 is 13.6 Å². The fraction of sp³-hybridized carbons (Fsp3) is 0.294. The maximum Gasteiger partial charge on any atom is 0.357 e. The first-order chi connectivity index (χ1) is 11.1. The molecule has 23 heavy (non-hydrogen) atoms. The topological polar surface area (TPSA) is 47.6 Å². The number of hydrogen-bond acceptors (Lipinski definition) is 4. The van der Waals surface area contributed by atoms with Gasteiger partial charge in [-0.1, -0.05) is 46.3 Å². The van der Waals surface area contributed by atoms with Gasteiger partial charge in [0.2, 0.25) is 0 Å². The molecular formula is C17H21BrNO3P. The van der Waals surface area contributed by atoms with Crippen molar-refractivity contribution in [1.29, 1.82) is 0 Å². The second kappa shape index (κ2) is 8.65. The lowest BCUT2D eigenvalue weighted by Gasteiger charge is -2.28. The van der Waals surface area contributed by atoms with E-state index in [1.807, 2.05) is 68.4 Å². The highest BCUT2D eigenvalue weighted by Crippen LogP contribution is 2.60. The van der Waals surface area contributed by atoms with E-state index in [9.17, 15) is 4.57 Å². The van der Waals surface area contributed by atoms with Crippen LogP contribution in [-0.4, -0.2) is 13.2 Å². The molecule has 6 heteroatoms. The maximum absolute atomic E-state index is 13.3. The van der Waals surface area contributed by atoms with E-state index < -0.39 is 13.4 Å². The summed E-state index contributed by atoms with van der Waals surface area (Å²) in [6, 6.07) is 17.3. The van der Waals surface area contributed by atoms with Crippen LogP contribution < -0.4 is 5.32 Å². The molecule has 124 valence electrons. The highest BCUT2D eigenvalue weighted by molar-refractivity contribution is 9.10. The largest absolute Gasteiger partial charge is 0.368 e. The molecule has 1 N–H and O–H groups in total. The molecule has 0 aliphatic rings. The van der Waals surface area contributed by atoms with Crippen LogP contribution in [0.4, 0.5) is 5.69 Å². The molecule has 0 aliphatic carbocycles. The monoisotopic (exact) mass is 397 g/mol. The van der Waals surface area contributed by atoms with E-state index in [0.717, 1.165) is 15.7 Å². The Balaban J connectivity index is 2.43. The molecule has 0 radical (unpaired) electrons. The molecule has 0 saturated carbocycles. The number of para-hydroxylation sites is 1. The van der Waals surface area contributed by atoms with Gasteiger partial charge in [0, 0.05) is 10.2 Å². The minimum Gasteiger partial charge on any atom is -0.368 e. The van der Waals surface area contributed by atoms with Crippen molar-refractivity contribution in [3.63, 3.8) is 0 Å². The summed E-state index contributed by atoms with van der Waals surface area (Å²) in [5, 5.41) is 3.30. The maximum atomic E-state index is 13.3. The van der Waals surface area contributed by atoms with Crippen LogP contribution in [-0.2, 0) is 13.6 Å². The summed E-state index contributed by atoms with van der Waals surface area (Å²) in [6.45, 7) is 4.26. The van der Waals surface area contributed by atoms with E-state index in [2.05, 4.69) is 21.2 Å². The van der Waals surface area contributed by atoms with Gasteiger partial charge in [-0.05, 0) is 43.7 Å². The van der Waals surface area contributed by atoms with E-state index in [1.165, 1.54) is 0 Å². The third-order valence-corrected chi connectivity index (χ3v) is 5.97. The quantitative estimate of drug-likeness (QED) is 0.569. The van der Waals surface area contributed by atoms with Crippen molar-refractivity contribution in [3.8, 4) is 0 Å². The second-order valence-corrected chi connectivity index (χ2v) is 7.87. The first kappa shape index (κ1) is 18.2. The fourth-order valence-corrected chi connectivity index (χ4v) is 4.60. The Morgan fingerprint density at radius 3 is 2.26 bits per heavy atom. The van der Waals surface area contributed by atoms with Gasteiger partial charge >= 0.3 is 7.60 Å². The lowest BCUT2D eigenvalue weighted by molar-refractivity contribution is 0.214. The summed E-state index contributed by atoms with van der Waals surface area (Å²) >= 11 is 3.46. The lowest BCUT2D eigenvalue weighted by Crippen LogP contribution is -2.15. The van der Waals surface area contributed by atoms with Gasteiger partial charge in [0.05, 0.1) is 13.2 Å². The summed E-state index contributed by atoms with van der Waals surface area (Å²) in [4.78, 5) is 0. The molecular weight excluding hydrogens is 377 g/mol. The van der Waals surface area contributed by atoms with Gasteiger partial charge in [0.15, 0.2) is 5.78 Å². The van der Waals surface area contributed by atoms with Crippen LogP contribution in [0.25, 0.3) is 0 Å². The Morgan fingerprint density at radius 2 is 1.70 bits per heavy atom. The first-order valence-electron chi connectivity index (χ1n) is 7.55. The van der Waals surface area contributed by atoms with E-state index >= 15 is 0 Å². The standard InChI is InChI=1S/C17H21BrNO3P/c1-3-21-23(20,22-4-2)17(14-9-8-10-15(18)13-14)19-16-11-6-5-7-12-16/h5-13,17,19H,3-4H2,1-2H3. The molecule has 0 amide bonds. The van der Waals surface area contributed by atoms with Crippen molar-refractivity contribution in [1.82, 2.24) is 0 Å². The number of anilines is 1. The Bertz CT molecular complexity index is 656. The van der Waals surface area contributed by atoms with Crippen LogP contribution in [0, 0.1) is 0 Å². The van der Waals surface area contributed by atoms with E-state index in [4.69, 9.17) is 9.05 Å².